The number of hydrogen-bond acceptors (Lipinski definition) is 3. The molecule has 0 radical (unpaired) electrons. The SMILES string of the molecule is CC(C)(Cc1nc2cc(Cl)ccc2s1)C(=O)O. The molecule has 0 aliphatic rings. The topological polar surface area (TPSA) is 50.2 Å². The molecule has 0 aliphatic carbocycles. The standard InChI is InChI=1S/C12H12ClNO2S/c1-12(2,11(15)16)6-10-14-8-5-7(13)3-4-9(8)17-10/h3-5H,6H2,1-2H3,(H,15,16). The van der Waals surface area contributed by atoms with E-state index in [4.69, 9.17) is 16.7 Å². The first-order valence-corrected chi connectivity index (χ1v) is 6.36. The largest absolute Gasteiger partial charge is 0.481 e. The molecule has 1 aromatic heterocycles. The van der Waals surface area contributed by atoms with Crippen LogP contribution in [0.3, 0.4) is 0 Å². The van der Waals surface area contributed by atoms with Gasteiger partial charge in [0.25, 0.3) is 0 Å². The lowest BCUT2D eigenvalue weighted by molar-refractivity contribution is -0.146. The molecule has 0 amide bonds. The molecule has 0 fully saturated rings. The molecular weight excluding hydrogens is 258 g/mol. The van der Waals surface area contributed by atoms with E-state index in [1.165, 1.54) is 11.3 Å². The van der Waals surface area contributed by atoms with Crippen LogP contribution in [0.25, 0.3) is 10.2 Å². The van der Waals surface area contributed by atoms with Gasteiger partial charge in [0.05, 0.1) is 20.6 Å². The number of nitrogens with zero attached hydrogens (tertiary/aromatic N) is 1. The number of carboxylic acids is 1. The summed E-state index contributed by atoms with van der Waals surface area (Å²) in [5.41, 5.74) is 0.0381. The Labute approximate surface area is 108 Å². The fourth-order valence-electron chi connectivity index (χ4n) is 1.48. The summed E-state index contributed by atoms with van der Waals surface area (Å²) in [5, 5.41) is 10.6. The van der Waals surface area contributed by atoms with Gasteiger partial charge in [-0.15, -0.1) is 11.3 Å². The third-order valence-electron chi connectivity index (χ3n) is 2.57. The zero-order valence-electron chi connectivity index (χ0n) is 9.53. The van der Waals surface area contributed by atoms with Crippen LogP contribution < -0.4 is 0 Å². The molecule has 1 N–H and O–H groups in total. The third-order valence-corrected chi connectivity index (χ3v) is 3.84. The Morgan fingerprint density at radius 1 is 1.53 bits per heavy atom. The van der Waals surface area contributed by atoms with Crippen molar-refractivity contribution in [1.82, 2.24) is 4.98 Å². The number of thiazole rings is 1. The highest BCUT2D eigenvalue weighted by Gasteiger charge is 2.28. The lowest BCUT2D eigenvalue weighted by Crippen LogP contribution is -2.26. The lowest BCUT2D eigenvalue weighted by atomic mass is 9.90. The van der Waals surface area contributed by atoms with E-state index in [2.05, 4.69) is 4.98 Å². The van der Waals surface area contributed by atoms with Crippen molar-refractivity contribution in [3.05, 3.63) is 28.2 Å². The molecule has 0 spiro atoms. The minimum Gasteiger partial charge on any atom is -0.481 e. The number of rotatable bonds is 3. The van der Waals surface area contributed by atoms with Crippen molar-refractivity contribution >= 4 is 39.1 Å². The van der Waals surface area contributed by atoms with Crippen molar-refractivity contribution in [1.29, 1.82) is 0 Å². The highest BCUT2D eigenvalue weighted by Crippen LogP contribution is 2.29. The summed E-state index contributed by atoms with van der Waals surface area (Å²) in [6.07, 6.45) is 0.430. The predicted octanol–water partition coefficient (Wildman–Crippen LogP) is 3.60. The van der Waals surface area contributed by atoms with Crippen molar-refractivity contribution in [3.63, 3.8) is 0 Å². The van der Waals surface area contributed by atoms with E-state index in [1.54, 1.807) is 19.9 Å². The van der Waals surface area contributed by atoms with Crippen LogP contribution in [0.1, 0.15) is 18.9 Å². The van der Waals surface area contributed by atoms with Gasteiger partial charge in [0.2, 0.25) is 0 Å². The average Bonchev–Trinajstić information content (AvgIpc) is 2.57. The summed E-state index contributed by atoms with van der Waals surface area (Å²) in [5.74, 6) is -0.810. The van der Waals surface area contributed by atoms with Crippen molar-refractivity contribution in [2.45, 2.75) is 20.3 Å². The van der Waals surface area contributed by atoms with Gasteiger partial charge in [-0.25, -0.2) is 4.98 Å². The molecule has 2 aromatic rings. The molecule has 2 rings (SSSR count). The number of aromatic nitrogens is 1. The molecule has 5 heteroatoms. The zero-order valence-corrected chi connectivity index (χ0v) is 11.1. The smallest absolute Gasteiger partial charge is 0.309 e. The van der Waals surface area contributed by atoms with E-state index >= 15 is 0 Å². The van der Waals surface area contributed by atoms with Crippen LogP contribution >= 0.6 is 22.9 Å². The second kappa shape index (κ2) is 4.27. The van der Waals surface area contributed by atoms with E-state index in [-0.39, 0.29) is 0 Å². The Morgan fingerprint density at radius 3 is 2.88 bits per heavy atom. The Kier molecular flexibility index (Phi) is 3.10. The van der Waals surface area contributed by atoms with Crippen molar-refractivity contribution < 1.29 is 9.90 Å². The van der Waals surface area contributed by atoms with Gasteiger partial charge >= 0.3 is 5.97 Å². The van der Waals surface area contributed by atoms with Crippen LogP contribution in [0.5, 0.6) is 0 Å². The van der Waals surface area contributed by atoms with Gasteiger partial charge in [-0.05, 0) is 32.0 Å². The fourth-order valence-corrected chi connectivity index (χ4v) is 2.82. The molecule has 17 heavy (non-hydrogen) atoms. The molecule has 0 atom stereocenters. The molecule has 0 unspecified atom stereocenters. The van der Waals surface area contributed by atoms with Gasteiger partial charge in [0.1, 0.15) is 0 Å². The number of aliphatic carboxylic acids is 1. The minimum absolute atomic E-state index is 0.430. The molecule has 0 aliphatic heterocycles. The van der Waals surface area contributed by atoms with Crippen molar-refractivity contribution in [3.8, 4) is 0 Å². The fraction of sp³-hybridized carbons (Fsp3) is 0.333. The number of hydrogen-bond donors (Lipinski definition) is 1. The van der Waals surface area contributed by atoms with Gasteiger partial charge in [-0.3, -0.25) is 4.79 Å². The van der Waals surface area contributed by atoms with Gasteiger partial charge in [-0.1, -0.05) is 11.6 Å². The summed E-state index contributed by atoms with van der Waals surface area (Å²) in [4.78, 5) is 15.5. The predicted molar refractivity (Wildman–Crippen MR) is 69.8 cm³/mol. The van der Waals surface area contributed by atoms with E-state index in [1.807, 2.05) is 12.1 Å². The highest BCUT2D eigenvalue weighted by molar-refractivity contribution is 7.18. The van der Waals surface area contributed by atoms with Gasteiger partial charge in [-0.2, -0.15) is 0 Å². The first-order valence-electron chi connectivity index (χ1n) is 5.17. The summed E-state index contributed by atoms with van der Waals surface area (Å²) in [7, 11) is 0. The minimum atomic E-state index is -0.810. The van der Waals surface area contributed by atoms with Crippen LogP contribution in [-0.2, 0) is 11.2 Å². The van der Waals surface area contributed by atoms with Gasteiger partial charge in [0.15, 0.2) is 0 Å². The Balaban J connectivity index is 2.34. The zero-order chi connectivity index (χ0) is 12.6. The molecular formula is C12H12ClNO2S. The number of fused-ring (bicyclic) bond motifs is 1. The average molecular weight is 270 g/mol. The van der Waals surface area contributed by atoms with Crippen LogP contribution in [0.4, 0.5) is 0 Å². The summed E-state index contributed by atoms with van der Waals surface area (Å²) in [6, 6.07) is 5.52. The maximum Gasteiger partial charge on any atom is 0.309 e. The van der Waals surface area contributed by atoms with E-state index in [0.717, 1.165) is 15.2 Å². The molecule has 1 heterocycles. The molecule has 3 nitrogen and oxygen atoms in total. The lowest BCUT2D eigenvalue weighted by Gasteiger charge is -2.16. The van der Waals surface area contributed by atoms with E-state index in [0.29, 0.717) is 11.4 Å². The summed E-state index contributed by atoms with van der Waals surface area (Å²) >= 11 is 7.40. The molecule has 0 bridgehead atoms. The summed E-state index contributed by atoms with van der Waals surface area (Å²) < 4.78 is 1.03. The van der Waals surface area contributed by atoms with E-state index < -0.39 is 11.4 Å². The van der Waals surface area contributed by atoms with Crippen molar-refractivity contribution in [2.75, 3.05) is 0 Å². The number of benzene rings is 1. The monoisotopic (exact) mass is 269 g/mol. The molecule has 0 saturated heterocycles. The first kappa shape index (κ1) is 12.3. The normalized spacial score (nSPS) is 11.9. The Hall–Kier alpha value is -1.13. The van der Waals surface area contributed by atoms with E-state index in [9.17, 15) is 4.79 Å². The first-order chi connectivity index (χ1) is 7.88. The van der Waals surface area contributed by atoms with Crippen LogP contribution in [0.2, 0.25) is 5.02 Å². The van der Waals surface area contributed by atoms with Gasteiger partial charge in [0, 0.05) is 11.4 Å². The van der Waals surface area contributed by atoms with Gasteiger partial charge < -0.3 is 5.11 Å². The molecule has 0 saturated carbocycles. The second-order valence-corrected chi connectivity index (χ2v) is 6.14. The number of carbonyl (C=O) groups is 1. The van der Waals surface area contributed by atoms with Crippen molar-refractivity contribution in [2.24, 2.45) is 5.41 Å². The molecule has 90 valence electrons. The summed E-state index contributed by atoms with van der Waals surface area (Å²) in [6.45, 7) is 3.41. The Morgan fingerprint density at radius 2 is 2.24 bits per heavy atom. The quantitative estimate of drug-likeness (QED) is 0.926. The van der Waals surface area contributed by atoms with Crippen LogP contribution in [-0.4, -0.2) is 16.1 Å². The maximum absolute atomic E-state index is 11.1. The van der Waals surface area contributed by atoms with Crippen LogP contribution in [0.15, 0.2) is 18.2 Å². The van der Waals surface area contributed by atoms with Crippen LogP contribution in [0, 0.1) is 5.41 Å². The highest BCUT2D eigenvalue weighted by atomic mass is 35.5. The Bertz CT molecular complexity index is 577. The maximum atomic E-state index is 11.1. The molecule has 1 aromatic carbocycles. The second-order valence-electron chi connectivity index (χ2n) is 4.59. The third kappa shape index (κ3) is 2.58. The number of carboxylic acid groups (broad SMARTS) is 1. The number of halogens is 1.